The summed E-state index contributed by atoms with van der Waals surface area (Å²) in [5, 5.41) is 9.17. The molecule has 2 aromatic rings. The van der Waals surface area contributed by atoms with E-state index in [2.05, 4.69) is 0 Å². The first-order valence-corrected chi connectivity index (χ1v) is 9.79. The fourth-order valence-electron chi connectivity index (χ4n) is 3.00. The van der Waals surface area contributed by atoms with Crippen molar-refractivity contribution in [1.29, 1.82) is 5.26 Å². The lowest BCUT2D eigenvalue weighted by Gasteiger charge is -2.19. The molecular weight excluding hydrogens is 445 g/mol. The summed E-state index contributed by atoms with van der Waals surface area (Å²) >= 11 is 1.96. The predicted molar refractivity (Wildman–Crippen MR) is 108 cm³/mol. The van der Waals surface area contributed by atoms with Gasteiger partial charge in [-0.2, -0.15) is 5.26 Å². The molecule has 0 spiro atoms. The first-order valence-electron chi connectivity index (χ1n) is 8.26. The highest BCUT2D eigenvalue weighted by molar-refractivity contribution is 14.1. The zero-order valence-electron chi connectivity index (χ0n) is 15.2. The largest absolute Gasteiger partial charge is 0.332 e. The van der Waals surface area contributed by atoms with Crippen LogP contribution in [0.15, 0.2) is 27.8 Å². The number of ketones is 1. The Bertz CT molecular complexity index is 1030. The van der Waals surface area contributed by atoms with Crippen molar-refractivity contribution in [3.63, 3.8) is 0 Å². The van der Waals surface area contributed by atoms with Crippen molar-refractivity contribution < 1.29 is 4.79 Å². The Labute approximate surface area is 165 Å². The van der Waals surface area contributed by atoms with E-state index in [1.807, 2.05) is 42.5 Å². The molecule has 6 nitrogen and oxygen atoms in total. The minimum Gasteiger partial charge on any atom is -0.290 e. The van der Waals surface area contributed by atoms with Gasteiger partial charge in [-0.3, -0.25) is 18.7 Å². The van der Waals surface area contributed by atoms with Crippen molar-refractivity contribution in [3.8, 4) is 6.07 Å². The molecule has 7 heteroatoms. The van der Waals surface area contributed by atoms with Gasteiger partial charge in [-0.15, -0.1) is 0 Å². The van der Waals surface area contributed by atoms with Crippen LogP contribution < -0.4 is 11.2 Å². The van der Waals surface area contributed by atoms with Gasteiger partial charge < -0.3 is 0 Å². The smallest absolute Gasteiger partial charge is 0.290 e. The molecule has 1 heterocycles. The lowest BCUT2D eigenvalue weighted by atomic mass is 9.95. The number of alkyl halides is 1. The SMILES string of the molecule is CCn1c(C(=O)c2cc(C)cc(C#N)c2)c(C(C)C)c(=O)n(CI)c1=O. The molecule has 0 unspecified atom stereocenters. The molecule has 0 amide bonds. The maximum atomic E-state index is 13.3. The molecule has 0 aliphatic heterocycles. The van der Waals surface area contributed by atoms with Crippen LogP contribution in [0.25, 0.3) is 0 Å². The number of rotatable bonds is 5. The highest BCUT2D eigenvalue weighted by Crippen LogP contribution is 2.20. The van der Waals surface area contributed by atoms with Crippen LogP contribution in [0.4, 0.5) is 0 Å². The van der Waals surface area contributed by atoms with E-state index in [4.69, 9.17) is 5.26 Å². The Hall–Kier alpha value is -2.21. The molecule has 0 fully saturated rings. The van der Waals surface area contributed by atoms with Crippen molar-refractivity contribution in [2.24, 2.45) is 0 Å². The number of carbonyl (C=O) groups excluding carboxylic acids is 1. The summed E-state index contributed by atoms with van der Waals surface area (Å²) in [4.78, 5) is 38.8. The quantitative estimate of drug-likeness (QED) is 0.386. The molecule has 0 saturated heterocycles. The number of aryl methyl sites for hydroxylation is 1. The second kappa shape index (κ2) is 7.99. The highest BCUT2D eigenvalue weighted by atomic mass is 127. The second-order valence-corrected chi connectivity index (χ2v) is 7.01. The summed E-state index contributed by atoms with van der Waals surface area (Å²) < 4.78 is 2.71. The fourth-order valence-corrected chi connectivity index (χ4v) is 3.60. The molecule has 2 rings (SSSR count). The van der Waals surface area contributed by atoms with Crippen LogP contribution >= 0.6 is 22.6 Å². The maximum Gasteiger partial charge on any atom is 0.332 e. The Morgan fingerprint density at radius 2 is 1.88 bits per heavy atom. The molecule has 0 radical (unpaired) electrons. The van der Waals surface area contributed by atoms with Gasteiger partial charge in [-0.1, -0.05) is 36.4 Å². The summed E-state index contributed by atoms with van der Waals surface area (Å²) in [6.45, 7) is 7.48. The first kappa shape index (κ1) is 20.1. The van der Waals surface area contributed by atoms with E-state index in [1.165, 1.54) is 10.6 Å². The van der Waals surface area contributed by atoms with Crippen LogP contribution in [0.5, 0.6) is 0 Å². The standard InChI is InChI=1S/C19H20IN3O3/c1-5-22-16(15(11(2)3)18(25)23(10-20)19(22)26)17(24)14-7-12(4)6-13(8-14)9-21/h6-8,11H,5,10H2,1-4H3. The number of hydrogen-bond acceptors (Lipinski definition) is 4. The van der Waals surface area contributed by atoms with Crippen molar-refractivity contribution in [2.45, 2.75) is 44.7 Å². The van der Waals surface area contributed by atoms with Crippen LogP contribution in [0.1, 0.15) is 59.4 Å². The third-order valence-corrected chi connectivity index (χ3v) is 4.84. The Morgan fingerprint density at radius 3 is 2.38 bits per heavy atom. The third-order valence-electron chi connectivity index (χ3n) is 4.16. The number of nitrogens with zero attached hydrogens (tertiary/aromatic N) is 3. The summed E-state index contributed by atoms with van der Waals surface area (Å²) in [5.74, 6) is -0.639. The number of aromatic nitrogens is 2. The van der Waals surface area contributed by atoms with Gasteiger partial charge in [-0.25, -0.2) is 4.79 Å². The molecule has 1 aromatic carbocycles. The van der Waals surface area contributed by atoms with Gasteiger partial charge in [0.05, 0.1) is 16.2 Å². The van der Waals surface area contributed by atoms with Gasteiger partial charge in [-0.05, 0) is 43.5 Å². The van der Waals surface area contributed by atoms with Gasteiger partial charge in [0.2, 0.25) is 5.78 Å². The number of nitriles is 1. The van der Waals surface area contributed by atoms with Crippen LogP contribution in [0.3, 0.4) is 0 Å². The topological polar surface area (TPSA) is 84.9 Å². The molecule has 26 heavy (non-hydrogen) atoms. The first-order chi connectivity index (χ1) is 12.3. The lowest BCUT2D eigenvalue weighted by Crippen LogP contribution is -2.44. The van der Waals surface area contributed by atoms with Gasteiger partial charge in [0.1, 0.15) is 5.69 Å². The van der Waals surface area contributed by atoms with E-state index in [9.17, 15) is 14.4 Å². The monoisotopic (exact) mass is 465 g/mol. The number of hydrogen-bond donors (Lipinski definition) is 0. The number of halogens is 1. The van der Waals surface area contributed by atoms with E-state index in [1.54, 1.807) is 26.0 Å². The predicted octanol–water partition coefficient (Wildman–Crippen LogP) is 2.96. The summed E-state index contributed by atoms with van der Waals surface area (Å²) in [5.41, 5.74) is 0.959. The zero-order valence-corrected chi connectivity index (χ0v) is 17.3. The highest BCUT2D eigenvalue weighted by Gasteiger charge is 2.26. The Balaban J connectivity index is 2.91. The summed E-state index contributed by atoms with van der Waals surface area (Å²) in [7, 11) is 0. The Morgan fingerprint density at radius 1 is 1.23 bits per heavy atom. The maximum absolute atomic E-state index is 13.3. The van der Waals surface area contributed by atoms with Gasteiger partial charge in [0.15, 0.2) is 0 Å². The molecule has 0 aliphatic carbocycles. The third kappa shape index (κ3) is 3.51. The number of benzene rings is 1. The van der Waals surface area contributed by atoms with Gasteiger partial charge in [0, 0.05) is 17.7 Å². The molecule has 0 N–H and O–H groups in total. The minimum absolute atomic E-state index is 0.119. The van der Waals surface area contributed by atoms with Crippen molar-refractivity contribution >= 4 is 28.4 Å². The average Bonchev–Trinajstić information content (AvgIpc) is 2.60. The number of carbonyl (C=O) groups is 1. The van der Waals surface area contributed by atoms with E-state index >= 15 is 0 Å². The van der Waals surface area contributed by atoms with Crippen molar-refractivity contribution in [2.75, 3.05) is 0 Å². The molecule has 136 valence electrons. The van der Waals surface area contributed by atoms with Crippen LogP contribution in [0.2, 0.25) is 0 Å². The normalized spacial score (nSPS) is 10.8. The van der Waals surface area contributed by atoms with Crippen LogP contribution in [-0.2, 0) is 11.1 Å². The van der Waals surface area contributed by atoms with Crippen LogP contribution in [0, 0.1) is 18.3 Å². The van der Waals surface area contributed by atoms with E-state index in [0.717, 1.165) is 10.1 Å². The summed E-state index contributed by atoms with van der Waals surface area (Å²) in [6.07, 6.45) is 0. The second-order valence-electron chi connectivity index (χ2n) is 6.33. The fraction of sp³-hybridized carbons (Fsp3) is 0.368. The molecular formula is C19H20IN3O3. The molecule has 0 aliphatic rings. The van der Waals surface area contributed by atoms with Crippen molar-refractivity contribution in [3.05, 3.63) is 67.0 Å². The van der Waals surface area contributed by atoms with Crippen molar-refractivity contribution in [1.82, 2.24) is 9.13 Å². The molecule has 1 aromatic heterocycles. The van der Waals surface area contributed by atoms with E-state index < -0.39 is 17.0 Å². The molecule has 0 saturated carbocycles. The van der Waals surface area contributed by atoms with Crippen LogP contribution in [-0.4, -0.2) is 14.9 Å². The molecule has 0 bridgehead atoms. The lowest BCUT2D eigenvalue weighted by molar-refractivity contribution is 0.102. The Kier molecular flexibility index (Phi) is 6.18. The molecule has 0 atom stereocenters. The minimum atomic E-state index is -0.493. The van der Waals surface area contributed by atoms with E-state index in [-0.39, 0.29) is 22.7 Å². The summed E-state index contributed by atoms with van der Waals surface area (Å²) in [6, 6.07) is 6.88. The van der Waals surface area contributed by atoms with Gasteiger partial charge in [0.25, 0.3) is 5.56 Å². The zero-order chi connectivity index (χ0) is 19.6. The average molecular weight is 465 g/mol. The van der Waals surface area contributed by atoms with E-state index in [0.29, 0.717) is 16.7 Å². The van der Waals surface area contributed by atoms with Gasteiger partial charge >= 0.3 is 5.69 Å².